The van der Waals surface area contributed by atoms with E-state index < -0.39 is 0 Å². The first-order valence-electron chi connectivity index (χ1n) is 8.55. The summed E-state index contributed by atoms with van der Waals surface area (Å²) < 4.78 is 24.2. The smallest absolute Gasteiger partial charge is 0.191 e. The molecular formula is C20H26FN3O2. The predicted molar refractivity (Wildman–Crippen MR) is 102 cm³/mol. The number of methoxy groups -OCH3 is 2. The number of rotatable bonds is 7. The maximum atomic E-state index is 13.7. The quantitative estimate of drug-likeness (QED) is 0.588. The molecule has 0 radical (unpaired) electrons. The van der Waals surface area contributed by atoms with Crippen LogP contribution in [0.5, 0.6) is 11.5 Å². The van der Waals surface area contributed by atoms with Gasteiger partial charge < -0.3 is 20.1 Å². The van der Waals surface area contributed by atoms with Crippen molar-refractivity contribution in [2.45, 2.75) is 26.9 Å². The number of nitrogens with one attached hydrogen (secondary N) is 2. The van der Waals surface area contributed by atoms with Crippen molar-refractivity contribution in [2.75, 3.05) is 20.8 Å². The Morgan fingerprint density at radius 2 is 1.73 bits per heavy atom. The highest BCUT2D eigenvalue weighted by Gasteiger charge is 2.06. The summed E-state index contributed by atoms with van der Waals surface area (Å²) in [6.45, 7) is 5.46. The summed E-state index contributed by atoms with van der Waals surface area (Å²) >= 11 is 0. The van der Waals surface area contributed by atoms with Gasteiger partial charge in [0.05, 0.1) is 20.8 Å². The second-order valence-corrected chi connectivity index (χ2v) is 5.82. The van der Waals surface area contributed by atoms with Gasteiger partial charge >= 0.3 is 0 Å². The Morgan fingerprint density at radius 1 is 1.00 bits per heavy atom. The number of benzene rings is 2. The SMILES string of the molecule is CCNC(=NCc1ccc(C)c(F)c1)NCc1ccc(OC)c(OC)c1. The number of guanidine groups is 1. The number of aliphatic imine (C=N–C) groups is 1. The molecule has 0 aliphatic rings. The summed E-state index contributed by atoms with van der Waals surface area (Å²) in [5.41, 5.74) is 2.50. The van der Waals surface area contributed by atoms with E-state index >= 15 is 0 Å². The molecule has 2 rings (SSSR count). The molecule has 2 aromatic rings. The lowest BCUT2D eigenvalue weighted by Gasteiger charge is -2.13. The Labute approximate surface area is 154 Å². The molecule has 0 spiro atoms. The Morgan fingerprint density at radius 3 is 2.38 bits per heavy atom. The van der Waals surface area contributed by atoms with Crippen LogP contribution in [0.2, 0.25) is 0 Å². The predicted octanol–water partition coefficient (Wildman–Crippen LogP) is 3.41. The lowest BCUT2D eigenvalue weighted by molar-refractivity contribution is 0.354. The molecule has 26 heavy (non-hydrogen) atoms. The minimum absolute atomic E-state index is 0.207. The molecule has 6 heteroatoms. The number of hydrogen-bond acceptors (Lipinski definition) is 3. The van der Waals surface area contributed by atoms with Gasteiger partial charge in [0, 0.05) is 13.1 Å². The maximum Gasteiger partial charge on any atom is 0.191 e. The molecule has 2 aromatic carbocycles. The van der Waals surface area contributed by atoms with Crippen LogP contribution < -0.4 is 20.1 Å². The van der Waals surface area contributed by atoms with Crippen molar-refractivity contribution in [3.8, 4) is 11.5 Å². The van der Waals surface area contributed by atoms with Crippen molar-refractivity contribution in [1.29, 1.82) is 0 Å². The second kappa shape index (κ2) is 9.65. The van der Waals surface area contributed by atoms with Gasteiger partial charge in [-0.1, -0.05) is 18.2 Å². The minimum atomic E-state index is -0.207. The normalized spacial score (nSPS) is 11.2. The maximum absolute atomic E-state index is 13.7. The average molecular weight is 359 g/mol. The van der Waals surface area contributed by atoms with Crippen molar-refractivity contribution in [3.63, 3.8) is 0 Å². The van der Waals surface area contributed by atoms with Crippen LogP contribution in [-0.4, -0.2) is 26.7 Å². The lowest BCUT2D eigenvalue weighted by Crippen LogP contribution is -2.36. The molecule has 0 bridgehead atoms. The van der Waals surface area contributed by atoms with Crippen LogP contribution in [0.3, 0.4) is 0 Å². The van der Waals surface area contributed by atoms with E-state index in [0.29, 0.717) is 36.1 Å². The average Bonchev–Trinajstić information content (AvgIpc) is 2.66. The fraction of sp³-hybridized carbons (Fsp3) is 0.350. The molecule has 0 unspecified atom stereocenters. The lowest BCUT2D eigenvalue weighted by atomic mass is 10.1. The van der Waals surface area contributed by atoms with E-state index in [-0.39, 0.29) is 5.82 Å². The summed E-state index contributed by atoms with van der Waals surface area (Å²) in [5.74, 6) is 1.84. The van der Waals surface area contributed by atoms with E-state index in [1.165, 1.54) is 6.07 Å². The van der Waals surface area contributed by atoms with Crippen LogP contribution in [0.15, 0.2) is 41.4 Å². The van der Waals surface area contributed by atoms with Crippen molar-refractivity contribution in [2.24, 2.45) is 4.99 Å². The largest absolute Gasteiger partial charge is 0.493 e. The van der Waals surface area contributed by atoms with Crippen molar-refractivity contribution in [1.82, 2.24) is 10.6 Å². The molecule has 2 N–H and O–H groups in total. The van der Waals surface area contributed by atoms with Crippen LogP contribution in [-0.2, 0) is 13.1 Å². The summed E-state index contributed by atoms with van der Waals surface area (Å²) in [6.07, 6.45) is 0. The molecule has 0 saturated carbocycles. The van der Waals surface area contributed by atoms with Crippen LogP contribution in [0.4, 0.5) is 4.39 Å². The van der Waals surface area contributed by atoms with Crippen molar-refractivity contribution >= 4 is 5.96 Å². The zero-order valence-corrected chi connectivity index (χ0v) is 15.7. The fourth-order valence-electron chi connectivity index (χ4n) is 2.42. The molecule has 5 nitrogen and oxygen atoms in total. The topological polar surface area (TPSA) is 54.9 Å². The standard InChI is InChI=1S/C20H26FN3O2/c1-5-22-20(23-12-15-7-6-14(2)17(21)10-15)24-13-16-8-9-18(25-3)19(11-16)26-4/h6-11H,5,12-13H2,1-4H3,(H2,22,23,24). The zero-order chi connectivity index (χ0) is 18.9. The van der Waals surface area contributed by atoms with Gasteiger partial charge in [0.2, 0.25) is 0 Å². The third-order valence-electron chi connectivity index (χ3n) is 3.91. The highest BCUT2D eigenvalue weighted by atomic mass is 19.1. The van der Waals surface area contributed by atoms with Crippen LogP contribution >= 0.6 is 0 Å². The van der Waals surface area contributed by atoms with E-state index in [2.05, 4.69) is 15.6 Å². The molecule has 0 heterocycles. The first kappa shape index (κ1) is 19.6. The molecule has 0 aliphatic heterocycles. The van der Waals surface area contributed by atoms with Gasteiger partial charge in [-0.05, 0) is 48.7 Å². The Bertz CT molecular complexity index is 763. The number of hydrogen-bond donors (Lipinski definition) is 2. The molecule has 140 valence electrons. The van der Waals surface area contributed by atoms with Crippen LogP contribution in [0.25, 0.3) is 0 Å². The number of ether oxygens (including phenoxy) is 2. The Balaban J connectivity index is 2.04. The Kier molecular flexibility index (Phi) is 7.26. The van der Waals surface area contributed by atoms with E-state index in [4.69, 9.17) is 9.47 Å². The summed E-state index contributed by atoms with van der Waals surface area (Å²) in [4.78, 5) is 4.52. The molecule has 0 amide bonds. The monoisotopic (exact) mass is 359 g/mol. The Hall–Kier alpha value is -2.76. The third kappa shape index (κ3) is 5.37. The third-order valence-corrected chi connectivity index (χ3v) is 3.91. The minimum Gasteiger partial charge on any atom is -0.493 e. The molecule has 0 fully saturated rings. The van der Waals surface area contributed by atoms with E-state index in [1.54, 1.807) is 27.2 Å². The van der Waals surface area contributed by atoms with Gasteiger partial charge in [-0.15, -0.1) is 0 Å². The highest BCUT2D eigenvalue weighted by Crippen LogP contribution is 2.27. The van der Waals surface area contributed by atoms with Crippen LogP contribution in [0, 0.1) is 12.7 Å². The van der Waals surface area contributed by atoms with Gasteiger partial charge in [0.1, 0.15) is 5.82 Å². The van der Waals surface area contributed by atoms with Gasteiger partial charge in [-0.2, -0.15) is 0 Å². The number of aryl methyl sites for hydroxylation is 1. The van der Waals surface area contributed by atoms with Crippen molar-refractivity contribution < 1.29 is 13.9 Å². The molecule has 0 saturated heterocycles. The van der Waals surface area contributed by atoms with Gasteiger partial charge in [-0.3, -0.25) is 0 Å². The van der Waals surface area contributed by atoms with Gasteiger partial charge in [-0.25, -0.2) is 9.38 Å². The molecule has 0 aliphatic carbocycles. The summed E-state index contributed by atoms with van der Waals surface area (Å²) in [6, 6.07) is 10.9. The van der Waals surface area contributed by atoms with E-state index in [9.17, 15) is 4.39 Å². The highest BCUT2D eigenvalue weighted by molar-refractivity contribution is 5.79. The van der Waals surface area contributed by atoms with Gasteiger partial charge in [0.25, 0.3) is 0 Å². The first-order chi connectivity index (χ1) is 12.6. The van der Waals surface area contributed by atoms with Crippen molar-refractivity contribution in [3.05, 3.63) is 58.9 Å². The fourth-order valence-corrected chi connectivity index (χ4v) is 2.42. The molecule has 0 atom stereocenters. The summed E-state index contributed by atoms with van der Waals surface area (Å²) in [5, 5.41) is 6.46. The number of halogens is 1. The molecular weight excluding hydrogens is 333 g/mol. The first-order valence-corrected chi connectivity index (χ1v) is 8.55. The second-order valence-electron chi connectivity index (χ2n) is 5.82. The number of nitrogens with zero attached hydrogens (tertiary/aromatic N) is 1. The zero-order valence-electron chi connectivity index (χ0n) is 15.7. The van der Waals surface area contributed by atoms with E-state index in [1.807, 2.05) is 31.2 Å². The van der Waals surface area contributed by atoms with E-state index in [0.717, 1.165) is 17.7 Å². The van der Waals surface area contributed by atoms with Crippen LogP contribution in [0.1, 0.15) is 23.6 Å². The molecule has 0 aromatic heterocycles. The van der Waals surface area contributed by atoms with Gasteiger partial charge in [0.15, 0.2) is 17.5 Å². The summed E-state index contributed by atoms with van der Waals surface area (Å²) in [7, 11) is 3.22.